The first kappa shape index (κ1) is 30.0. The van der Waals surface area contributed by atoms with Crippen molar-refractivity contribution in [2.75, 3.05) is 36.4 Å². The quantitative estimate of drug-likeness (QED) is 0.194. The number of hydrogen-bond acceptors (Lipinski definition) is 6. The van der Waals surface area contributed by atoms with Gasteiger partial charge in [-0.05, 0) is 72.5 Å². The van der Waals surface area contributed by atoms with Gasteiger partial charge >= 0.3 is 6.18 Å². The van der Waals surface area contributed by atoms with E-state index in [2.05, 4.69) is 15.5 Å². The second-order valence-electron chi connectivity index (χ2n) is 11.6. The highest BCUT2D eigenvalue weighted by Gasteiger charge is 2.34. The smallest absolute Gasteiger partial charge is 0.367 e. The minimum atomic E-state index is -4.50. The van der Waals surface area contributed by atoms with E-state index in [1.807, 2.05) is 28.0 Å². The third-order valence-corrected chi connectivity index (χ3v) is 8.95. The molecular weight excluding hydrogens is 622 g/mol. The molecule has 0 aliphatic carbocycles. The number of nitrogens with zero attached hydrogens (tertiary/aromatic N) is 4. The fourth-order valence-corrected chi connectivity index (χ4v) is 6.52. The van der Waals surface area contributed by atoms with Crippen LogP contribution in [0.3, 0.4) is 0 Å². The van der Waals surface area contributed by atoms with E-state index in [1.54, 1.807) is 24.4 Å². The Balaban J connectivity index is 1.05. The molecule has 1 N–H and O–H groups in total. The van der Waals surface area contributed by atoms with Crippen LogP contribution in [0, 0.1) is 5.82 Å². The van der Waals surface area contributed by atoms with E-state index in [4.69, 9.17) is 16.1 Å². The lowest BCUT2D eigenvalue weighted by Crippen LogP contribution is -2.38. The molecule has 1 amide bonds. The molecule has 0 bridgehead atoms. The maximum Gasteiger partial charge on any atom is 0.416 e. The number of piperidine rings is 1. The van der Waals surface area contributed by atoms with E-state index in [-0.39, 0.29) is 34.8 Å². The summed E-state index contributed by atoms with van der Waals surface area (Å²) in [5.74, 6) is 0.257. The van der Waals surface area contributed by atoms with Gasteiger partial charge in [-0.15, -0.1) is 0 Å². The van der Waals surface area contributed by atoms with Gasteiger partial charge in [0.2, 0.25) is 0 Å². The average molecular weight is 650 g/mol. The van der Waals surface area contributed by atoms with Crippen LogP contribution in [0.2, 0.25) is 5.02 Å². The summed E-state index contributed by atoms with van der Waals surface area (Å²) in [5, 5.41) is 8.45. The molecule has 0 unspecified atom stereocenters. The third kappa shape index (κ3) is 5.87. The zero-order chi connectivity index (χ0) is 32.0. The van der Waals surface area contributed by atoms with Crippen molar-refractivity contribution in [2.24, 2.45) is 0 Å². The highest BCUT2D eigenvalue weighted by Crippen LogP contribution is 2.38. The Kier molecular flexibility index (Phi) is 7.80. The zero-order valence-corrected chi connectivity index (χ0v) is 25.2. The molecule has 3 aromatic carbocycles. The second-order valence-corrected chi connectivity index (χ2v) is 12.0. The number of carbonyl (C=O) groups excluding carboxylic acids is 1. The number of hydrogen-bond donors (Lipinski definition) is 1. The van der Waals surface area contributed by atoms with Crippen molar-refractivity contribution in [3.63, 3.8) is 0 Å². The predicted molar refractivity (Wildman–Crippen MR) is 168 cm³/mol. The number of fused-ring (bicyclic) bond motifs is 2. The number of halogens is 5. The summed E-state index contributed by atoms with van der Waals surface area (Å²) < 4.78 is 60.1. The number of anilines is 2. The van der Waals surface area contributed by atoms with Gasteiger partial charge in [-0.25, -0.2) is 9.37 Å². The van der Waals surface area contributed by atoms with Crippen LogP contribution in [0.1, 0.15) is 45.9 Å². The lowest BCUT2D eigenvalue weighted by atomic mass is 9.91. The van der Waals surface area contributed by atoms with Crippen LogP contribution in [0.5, 0.6) is 0 Å². The molecule has 5 aromatic rings. The minimum Gasteiger partial charge on any atom is -0.367 e. The lowest BCUT2D eigenvalue weighted by molar-refractivity contribution is -0.138. The first-order chi connectivity index (χ1) is 22.1. The van der Waals surface area contributed by atoms with Gasteiger partial charge in [0.05, 0.1) is 16.9 Å². The second kappa shape index (κ2) is 11.9. The first-order valence-corrected chi connectivity index (χ1v) is 15.3. The van der Waals surface area contributed by atoms with Gasteiger partial charge in [0.1, 0.15) is 11.6 Å². The van der Waals surface area contributed by atoms with Crippen molar-refractivity contribution in [1.29, 1.82) is 0 Å². The van der Waals surface area contributed by atoms with Gasteiger partial charge < -0.3 is 19.6 Å². The number of rotatable bonds is 5. The standard InChI is InChI=1S/C34H28ClF4N5O2/c35-25-5-8-28(34(37,38)39)24(15-25)19-44-14-11-40-32-29(44)16-23(18-41-32)20-1-3-22(4-2-20)33(45)43-12-9-21(10-13-43)31-27-7-6-26(36)17-30(27)46-42-31/h1-8,15-18,21H,9-14,19H2,(H,40,41). The highest BCUT2D eigenvalue weighted by atomic mass is 35.5. The van der Waals surface area contributed by atoms with Crippen molar-refractivity contribution in [2.45, 2.75) is 31.5 Å². The van der Waals surface area contributed by atoms with E-state index >= 15 is 0 Å². The molecule has 1 fully saturated rings. The van der Waals surface area contributed by atoms with Gasteiger partial charge in [0.25, 0.3) is 5.91 Å². The molecule has 0 saturated carbocycles. The van der Waals surface area contributed by atoms with Crippen LogP contribution < -0.4 is 10.2 Å². The van der Waals surface area contributed by atoms with Crippen molar-refractivity contribution in [3.05, 3.63) is 106 Å². The predicted octanol–water partition coefficient (Wildman–Crippen LogP) is 8.15. The maximum atomic E-state index is 13.7. The van der Waals surface area contributed by atoms with Crippen LogP contribution in [0.15, 0.2) is 77.4 Å². The zero-order valence-electron chi connectivity index (χ0n) is 24.5. The summed E-state index contributed by atoms with van der Waals surface area (Å²) in [5.41, 5.74) is 3.43. The molecule has 4 heterocycles. The number of alkyl halides is 3. The summed E-state index contributed by atoms with van der Waals surface area (Å²) in [7, 11) is 0. The van der Waals surface area contributed by atoms with E-state index in [9.17, 15) is 22.4 Å². The Morgan fingerprint density at radius 1 is 0.978 bits per heavy atom. The molecule has 7 rings (SSSR count). The number of aromatic nitrogens is 2. The molecule has 0 atom stereocenters. The molecule has 0 radical (unpaired) electrons. The maximum absolute atomic E-state index is 13.7. The Hall–Kier alpha value is -4.64. The normalized spacial score (nSPS) is 15.6. The number of benzene rings is 3. The molecule has 1 saturated heterocycles. The van der Waals surface area contributed by atoms with Crippen LogP contribution >= 0.6 is 11.6 Å². The Morgan fingerprint density at radius 2 is 1.76 bits per heavy atom. The average Bonchev–Trinajstić information content (AvgIpc) is 3.47. The van der Waals surface area contributed by atoms with Gasteiger partial charge in [-0.2, -0.15) is 13.2 Å². The molecule has 2 aliphatic rings. The fraction of sp³-hybridized carbons (Fsp3) is 0.265. The number of amides is 1. The van der Waals surface area contributed by atoms with Crippen LogP contribution in [-0.4, -0.2) is 47.1 Å². The molecule has 2 aliphatic heterocycles. The summed E-state index contributed by atoms with van der Waals surface area (Å²) >= 11 is 6.07. The minimum absolute atomic E-state index is 0.0186. The molecule has 2 aromatic heterocycles. The largest absolute Gasteiger partial charge is 0.416 e. The highest BCUT2D eigenvalue weighted by molar-refractivity contribution is 6.30. The monoisotopic (exact) mass is 649 g/mol. The van der Waals surface area contributed by atoms with Crippen LogP contribution in [0.25, 0.3) is 22.1 Å². The van der Waals surface area contributed by atoms with Crippen molar-refractivity contribution in [3.8, 4) is 11.1 Å². The van der Waals surface area contributed by atoms with Crippen LogP contribution in [-0.2, 0) is 12.7 Å². The molecule has 0 spiro atoms. The van der Waals surface area contributed by atoms with Crippen molar-refractivity contribution < 1.29 is 26.9 Å². The topological polar surface area (TPSA) is 74.5 Å². The van der Waals surface area contributed by atoms with Crippen LogP contribution in [0.4, 0.5) is 29.1 Å². The van der Waals surface area contributed by atoms with Gasteiger partial charge in [-0.3, -0.25) is 4.79 Å². The Labute approximate surface area is 266 Å². The number of carbonyl (C=O) groups is 1. The number of pyridine rings is 1. The van der Waals surface area contributed by atoms with E-state index in [1.165, 1.54) is 24.3 Å². The van der Waals surface area contributed by atoms with E-state index in [0.29, 0.717) is 61.7 Å². The van der Waals surface area contributed by atoms with E-state index < -0.39 is 11.7 Å². The fourth-order valence-electron chi connectivity index (χ4n) is 6.33. The SMILES string of the molecule is O=C(c1ccc(-c2cnc3c(c2)N(Cc2cc(Cl)ccc2C(F)(F)F)CCN3)cc1)N1CCC(c2noc3cc(F)ccc23)CC1. The molecule has 12 heteroatoms. The third-order valence-electron chi connectivity index (χ3n) is 8.71. The number of nitrogens with one attached hydrogen (secondary N) is 1. The van der Waals surface area contributed by atoms with Crippen molar-refractivity contribution in [1.82, 2.24) is 15.0 Å². The summed E-state index contributed by atoms with van der Waals surface area (Å²) in [4.78, 5) is 21.6. The van der Waals surface area contributed by atoms with Crippen molar-refractivity contribution >= 4 is 40.0 Å². The van der Waals surface area contributed by atoms with Gasteiger partial charge in [-0.1, -0.05) is 28.9 Å². The molecule has 46 heavy (non-hydrogen) atoms. The molecular formula is C34H28ClF4N5O2. The van der Waals surface area contributed by atoms with Gasteiger partial charge in [0.15, 0.2) is 5.58 Å². The summed E-state index contributed by atoms with van der Waals surface area (Å²) in [6, 6.07) is 17.2. The molecule has 7 nitrogen and oxygen atoms in total. The number of likely N-dealkylation sites (tertiary alicyclic amines) is 1. The lowest BCUT2D eigenvalue weighted by Gasteiger charge is -2.32. The Bertz CT molecular complexity index is 1920. The summed E-state index contributed by atoms with van der Waals surface area (Å²) in [6.45, 7) is 2.15. The summed E-state index contributed by atoms with van der Waals surface area (Å²) in [6.07, 6.45) is -1.36. The first-order valence-electron chi connectivity index (χ1n) is 14.9. The Morgan fingerprint density at radius 3 is 2.52 bits per heavy atom. The molecule has 236 valence electrons. The van der Waals surface area contributed by atoms with Gasteiger partial charge in [0, 0.05) is 72.4 Å². The van der Waals surface area contributed by atoms with E-state index in [0.717, 1.165) is 28.3 Å².